The number of para-hydroxylation sites is 1. The van der Waals surface area contributed by atoms with Crippen molar-refractivity contribution < 1.29 is 9.47 Å². The molecule has 4 aliphatic rings. The molecular weight excluding hydrogens is 1220 g/mol. The van der Waals surface area contributed by atoms with Crippen molar-refractivity contribution in [3.8, 4) is 147 Å². The fraction of sp³-hybridized carbons (Fsp3) is 0.0217. The van der Waals surface area contributed by atoms with E-state index in [4.69, 9.17) is 39.4 Å². The fourth-order valence-corrected chi connectivity index (χ4v) is 16.1. The lowest BCUT2D eigenvalue weighted by atomic mass is 9.66. The number of hydrogen-bond acceptors (Lipinski definition) is 8. The standard InChI is InChI=1S/C92H56N6O2/c1-5-23-57(24-6-1)80-54-81(58-25-7-2-8-26-58)96-89(95-80)64-44-49-78(93-56-64)61-41-46-75-85(51-61)100-86-52-62(42-47-76(86)92(75)72-37-19-15-33-67(72)68-34-16-20-38-73(68)92)79-50-45-69(90-97-82(59-27-9-3-10-28-59)55-83(98-90)60-29-11-4-12-30-60)88(94-79)63-43-48-77-87(53-63)99-84-40-22-21-39-74(84)91(77)70-35-17-13-31-65(70)66-32-14-18-36-71(66)91/h1-56H. The summed E-state index contributed by atoms with van der Waals surface area (Å²) >= 11 is 0. The van der Waals surface area contributed by atoms with Crippen LogP contribution in [0.5, 0.6) is 23.0 Å². The summed E-state index contributed by atoms with van der Waals surface area (Å²) in [5, 5.41) is 0. The monoisotopic (exact) mass is 1280 g/mol. The molecule has 0 atom stereocenters. The highest BCUT2D eigenvalue weighted by Gasteiger charge is 2.53. The second-order valence-corrected chi connectivity index (χ2v) is 25.9. The van der Waals surface area contributed by atoms with E-state index in [1.54, 1.807) is 0 Å². The molecule has 0 amide bonds. The van der Waals surface area contributed by atoms with Crippen LogP contribution in [0.4, 0.5) is 0 Å². The molecule has 0 fully saturated rings. The minimum Gasteiger partial charge on any atom is -0.457 e. The normalized spacial score (nSPS) is 13.3. The van der Waals surface area contributed by atoms with Crippen LogP contribution >= 0.6 is 0 Å². The Labute approximate surface area is 578 Å². The maximum absolute atomic E-state index is 7.42. The SMILES string of the molecule is c1ccc(-c2cc(-c3ccccc3)nc(-c3ccc(-c4ccc5c(c4)Oc4cc(-c6ccc(-c7nc(-c8ccccc8)cc(-c8ccccc8)n7)c(-c7ccc8c(c7)Oc7ccccc7C87c8ccccc8-c8ccccc87)n6)ccc4C54c5ccccc5-c5ccccc54)nc3)n2)cc1. The van der Waals surface area contributed by atoms with Gasteiger partial charge in [-0.1, -0.05) is 273 Å². The molecule has 0 saturated heterocycles. The van der Waals surface area contributed by atoms with Gasteiger partial charge in [-0.25, -0.2) is 24.9 Å². The minimum absolute atomic E-state index is 0.543. The summed E-state index contributed by atoms with van der Waals surface area (Å²) in [6.45, 7) is 0. The summed E-state index contributed by atoms with van der Waals surface area (Å²) in [5.41, 5.74) is 26.2. The number of hydrogen-bond donors (Lipinski definition) is 0. The van der Waals surface area contributed by atoms with E-state index in [-0.39, 0.29) is 0 Å². The van der Waals surface area contributed by atoms with Gasteiger partial charge in [0.2, 0.25) is 0 Å². The first-order valence-corrected chi connectivity index (χ1v) is 33.8. The summed E-state index contributed by atoms with van der Waals surface area (Å²) in [6.07, 6.45) is 1.88. The van der Waals surface area contributed by atoms with E-state index in [0.29, 0.717) is 17.3 Å². The third-order valence-electron chi connectivity index (χ3n) is 20.5. The molecule has 0 bridgehead atoms. The lowest BCUT2D eigenvalue weighted by molar-refractivity contribution is 0.436. The van der Waals surface area contributed by atoms with Crippen LogP contribution < -0.4 is 9.47 Å². The highest BCUT2D eigenvalue weighted by molar-refractivity contribution is 5.93. The molecule has 2 spiro atoms. The molecule has 16 aromatic rings. The van der Waals surface area contributed by atoms with E-state index in [1.165, 1.54) is 44.5 Å². The van der Waals surface area contributed by atoms with Crippen molar-refractivity contribution in [3.63, 3.8) is 0 Å². The van der Waals surface area contributed by atoms with Crippen LogP contribution in [0.15, 0.2) is 340 Å². The molecular formula is C92H56N6O2. The molecule has 466 valence electrons. The molecule has 6 heterocycles. The molecule has 0 saturated carbocycles. The quantitative estimate of drug-likeness (QED) is 0.141. The Kier molecular flexibility index (Phi) is 12.9. The zero-order valence-corrected chi connectivity index (χ0v) is 53.8. The first kappa shape index (κ1) is 57.0. The Balaban J connectivity index is 0.749. The molecule has 20 rings (SSSR count). The second kappa shape index (κ2) is 22.7. The van der Waals surface area contributed by atoms with E-state index in [1.807, 2.05) is 79.0 Å². The molecule has 12 aromatic carbocycles. The molecule has 4 aromatic heterocycles. The van der Waals surface area contributed by atoms with Gasteiger partial charge in [0.1, 0.15) is 23.0 Å². The van der Waals surface area contributed by atoms with Crippen molar-refractivity contribution in [3.05, 3.63) is 384 Å². The van der Waals surface area contributed by atoms with Gasteiger partial charge in [-0.3, -0.25) is 4.98 Å². The Hall–Kier alpha value is -13.3. The molecule has 0 radical (unpaired) electrons. The van der Waals surface area contributed by atoms with Gasteiger partial charge >= 0.3 is 0 Å². The maximum Gasteiger partial charge on any atom is 0.162 e. The zero-order valence-electron chi connectivity index (χ0n) is 53.8. The maximum atomic E-state index is 7.42. The van der Waals surface area contributed by atoms with Crippen molar-refractivity contribution in [1.82, 2.24) is 29.9 Å². The number of rotatable bonds is 9. The van der Waals surface area contributed by atoms with Gasteiger partial charge in [0.05, 0.1) is 50.7 Å². The topological polar surface area (TPSA) is 95.8 Å². The highest BCUT2D eigenvalue weighted by atomic mass is 16.5. The van der Waals surface area contributed by atoms with Crippen LogP contribution in [0.3, 0.4) is 0 Å². The van der Waals surface area contributed by atoms with Crippen LogP contribution in [-0.2, 0) is 10.8 Å². The van der Waals surface area contributed by atoms with Crippen LogP contribution in [0, 0.1) is 0 Å². The first-order valence-electron chi connectivity index (χ1n) is 33.8. The molecule has 100 heavy (non-hydrogen) atoms. The average molecular weight is 1280 g/mol. The lowest BCUT2D eigenvalue weighted by Gasteiger charge is -2.39. The summed E-state index contributed by atoms with van der Waals surface area (Å²) < 4.78 is 14.6. The van der Waals surface area contributed by atoms with Gasteiger partial charge in [0, 0.05) is 78.5 Å². The third-order valence-corrected chi connectivity index (χ3v) is 20.5. The number of benzene rings is 12. The van der Waals surface area contributed by atoms with Crippen LogP contribution in [0.25, 0.3) is 124 Å². The summed E-state index contributed by atoms with van der Waals surface area (Å²) in [7, 11) is 0. The highest BCUT2D eigenvalue weighted by Crippen LogP contribution is 2.64. The molecule has 8 heteroatoms. The van der Waals surface area contributed by atoms with E-state index in [0.717, 1.165) is 129 Å². The first-order chi connectivity index (χ1) is 49.5. The van der Waals surface area contributed by atoms with Crippen molar-refractivity contribution in [2.24, 2.45) is 0 Å². The van der Waals surface area contributed by atoms with E-state index < -0.39 is 10.8 Å². The minimum atomic E-state index is -0.735. The van der Waals surface area contributed by atoms with Crippen molar-refractivity contribution in [1.29, 1.82) is 0 Å². The average Bonchev–Trinajstić information content (AvgIpc) is 1.52. The number of nitrogens with zero attached hydrogens (tertiary/aromatic N) is 6. The van der Waals surface area contributed by atoms with Gasteiger partial charge in [-0.15, -0.1) is 0 Å². The molecule has 0 unspecified atom stereocenters. The molecule has 0 N–H and O–H groups in total. The summed E-state index contributed by atoms with van der Waals surface area (Å²) in [6, 6.07) is 117. The Bertz CT molecular complexity index is 5770. The second-order valence-electron chi connectivity index (χ2n) is 25.9. The van der Waals surface area contributed by atoms with Crippen molar-refractivity contribution >= 4 is 0 Å². The van der Waals surface area contributed by atoms with Crippen LogP contribution in [0.1, 0.15) is 44.5 Å². The van der Waals surface area contributed by atoms with Gasteiger partial charge in [-0.05, 0) is 105 Å². The Morgan fingerprint density at radius 2 is 0.540 bits per heavy atom. The number of ether oxygens (including phenoxy) is 2. The van der Waals surface area contributed by atoms with Crippen molar-refractivity contribution in [2.75, 3.05) is 0 Å². The molecule has 8 nitrogen and oxygen atoms in total. The van der Waals surface area contributed by atoms with Gasteiger partial charge in [-0.2, -0.15) is 0 Å². The zero-order chi connectivity index (χ0) is 65.9. The van der Waals surface area contributed by atoms with Gasteiger partial charge < -0.3 is 9.47 Å². The van der Waals surface area contributed by atoms with Gasteiger partial charge in [0.25, 0.3) is 0 Å². The van der Waals surface area contributed by atoms with Crippen LogP contribution in [0.2, 0.25) is 0 Å². The number of aromatic nitrogens is 6. The Morgan fingerprint density at radius 3 is 0.980 bits per heavy atom. The van der Waals surface area contributed by atoms with Crippen molar-refractivity contribution in [2.45, 2.75) is 10.8 Å². The van der Waals surface area contributed by atoms with E-state index in [2.05, 4.69) is 261 Å². The Morgan fingerprint density at radius 1 is 0.200 bits per heavy atom. The molecule has 2 aliphatic carbocycles. The smallest absolute Gasteiger partial charge is 0.162 e. The lowest BCUT2D eigenvalue weighted by Crippen LogP contribution is -2.32. The number of pyridine rings is 2. The van der Waals surface area contributed by atoms with Crippen LogP contribution in [-0.4, -0.2) is 29.9 Å². The summed E-state index contributed by atoms with van der Waals surface area (Å²) in [4.78, 5) is 32.1. The third kappa shape index (κ3) is 8.80. The predicted octanol–water partition coefficient (Wildman–Crippen LogP) is 22.0. The summed E-state index contributed by atoms with van der Waals surface area (Å²) in [5.74, 6) is 4.16. The van der Waals surface area contributed by atoms with E-state index >= 15 is 0 Å². The van der Waals surface area contributed by atoms with Gasteiger partial charge in [0.15, 0.2) is 11.6 Å². The van der Waals surface area contributed by atoms with E-state index in [9.17, 15) is 0 Å². The largest absolute Gasteiger partial charge is 0.457 e. The predicted molar refractivity (Wildman–Crippen MR) is 397 cm³/mol. The number of fused-ring (bicyclic) bond motifs is 18. The fourth-order valence-electron chi connectivity index (χ4n) is 16.1. The molecule has 2 aliphatic heterocycles.